The number of benzene rings is 1. The van der Waals surface area contributed by atoms with Crippen LogP contribution in [0.3, 0.4) is 0 Å². The largest absolute Gasteiger partial charge is 0.381 e. The lowest BCUT2D eigenvalue weighted by Gasteiger charge is -2.22. The maximum absolute atomic E-state index is 5.73. The fourth-order valence-corrected chi connectivity index (χ4v) is 2.83. The lowest BCUT2D eigenvalue weighted by atomic mass is 10.2. The van der Waals surface area contributed by atoms with Gasteiger partial charge in [-0.3, -0.25) is 4.99 Å². The van der Waals surface area contributed by atoms with Crippen molar-refractivity contribution in [2.45, 2.75) is 25.8 Å². The summed E-state index contributed by atoms with van der Waals surface area (Å²) in [5.41, 5.74) is 2.60. The summed E-state index contributed by atoms with van der Waals surface area (Å²) in [5, 5.41) is 3.43. The molecule has 6 heteroatoms. The number of aromatic nitrogens is 1. The first kappa shape index (κ1) is 23.5. The smallest absolute Gasteiger partial charge is 0.193 e. The van der Waals surface area contributed by atoms with Crippen LogP contribution in [-0.2, 0) is 24.8 Å². The molecule has 27 heavy (non-hydrogen) atoms. The molecule has 0 aliphatic heterocycles. The Labute approximate surface area is 180 Å². The summed E-state index contributed by atoms with van der Waals surface area (Å²) in [6, 6.07) is 14.7. The second-order valence-corrected chi connectivity index (χ2v) is 6.50. The third-order valence-electron chi connectivity index (χ3n) is 4.40. The summed E-state index contributed by atoms with van der Waals surface area (Å²) in [6.45, 7) is 3.35. The molecule has 150 valence electrons. The number of guanidine groups is 1. The molecule has 0 unspecified atom stereocenters. The van der Waals surface area contributed by atoms with E-state index in [0.717, 1.165) is 51.5 Å². The second-order valence-electron chi connectivity index (χ2n) is 6.50. The molecule has 0 saturated carbocycles. The number of rotatable bonds is 10. The van der Waals surface area contributed by atoms with E-state index in [2.05, 4.69) is 76.5 Å². The van der Waals surface area contributed by atoms with Gasteiger partial charge < -0.3 is 19.5 Å². The van der Waals surface area contributed by atoms with Crippen LogP contribution in [-0.4, -0.2) is 49.3 Å². The van der Waals surface area contributed by atoms with Crippen LogP contribution in [0.25, 0.3) is 0 Å². The van der Waals surface area contributed by atoms with Crippen LogP contribution in [0.2, 0.25) is 0 Å². The van der Waals surface area contributed by atoms with E-state index in [1.54, 1.807) is 0 Å². The van der Waals surface area contributed by atoms with Crippen molar-refractivity contribution in [3.8, 4) is 0 Å². The van der Waals surface area contributed by atoms with Crippen molar-refractivity contribution in [2.24, 2.45) is 12.0 Å². The van der Waals surface area contributed by atoms with Gasteiger partial charge in [0.1, 0.15) is 0 Å². The zero-order chi connectivity index (χ0) is 18.6. The molecule has 0 spiro atoms. The Balaban J connectivity index is 0.00000364. The lowest BCUT2D eigenvalue weighted by molar-refractivity contribution is 0.133. The molecule has 0 saturated heterocycles. The SMILES string of the molecule is CN=C(NCCCCOCCc1ccccc1)N(C)Cc1cccn1C.I. The van der Waals surface area contributed by atoms with Crippen LogP contribution >= 0.6 is 24.0 Å². The van der Waals surface area contributed by atoms with Crippen LogP contribution in [0.15, 0.2) is 53.7 Å². The first-order chi connectivity index (χ1) is 12.7. The van der Waals surface area contributed by atoms with Gasteiger partial charge >= 0.3 is 0 Å². The van der Waals surface area contributed by atoms with Gasteiger partial charge in [0.2, 0.25) is 0 Å². The quantitative estimate of drug-likeness (QED) is 0.242. The van der Waals surface area contributed by atoms with Crippen LogP contribution < -0.4 is 5.32 Å². The number of ether oxygens (including phenoxy) is 1. The molecule has 5 nitrogen and oxygen atoms in total. The van der Waals surface area contributed by atoms with Gasteiger partial charge in [0.15, 0.2) is 5.96 Å². The maximum Gasteiger partial charge on any atom is 0.193 e. The molecule has 0 atom stereocenters. The molecule has 1 N–H and O–H groups in total. The average molecular weight is 484 g/mol. The van der Waals surface area contributed by atoms with Gasteiger partial charge in [-0.15, -0.1) is 24.0 Å². The molecule has 2 rings (SSSR count). The molecular weight excluding hydrogens is 451 g/mol. The van der Waals surface area contributed by atoms with Gasteiger partial charge in [0.25, 0.3) is 0 Å². The van der Waals surface area contributed by atoms with Crippen molar-refractivity contribution in [3.63, 3.8) is 0 Å². The fourth-order valence-electron chi connectivity index (χ4n) is 2.83. The number of aliphatic imine (C=N–C) groups is 1. The van der Waals surface area contributed by atoms with Gasteiger partial charge in [-0.1, -0.05) is 30.3 Å². The van der Waals surface area contributed by atoms with Crippen molar-refractivity contribution < 1.29 is 4.74 Å². The van der Waals surface area contributed by atoms with E-state index in [1.165, 1.54) is 11.3 Å². The van der Waals surface area contributed by atoms with E-state index in [-0.39, 0.29) is 24.0 Å². The van der Waals surface area contributed by atoms with Gasteiger partial charge in [0, 0.05) is 46.2 Å². The predicted octanol–water partition coefficient (Wildman–Crippen LogP) is 3.69. The Bertz CT molecular complexity index is 657. The van der Waals surface area contributed by atoms with E-state index in [9.17, 15) is 0 Å². The zero-order valence-corrected chi connectivity index (χ0v) is 19.1. The van der Waals surface area contributed by atoms with Crippen LogP contribution in [0.5, 0.6) is 0 Å². The standard InChI is InChI=1S/C21H32N4O.HI/c1-22-21(25(3)18-20-12-9-15-24(20)2)23-14-7-8-16-26-17-13-19-10-5-4-6-11-19;/h4-6,9-12,15H,7-8,13-14,16-18H2,1-3H3,(H,22,23);1H. The van der Waals surface area contributed by atoms with Gasteiger partial charge in [-0.25, -0.2) is 0 Å². The number of halogens is 1. The van der Waals surface area contributed by atoms with Crippen molar-refractivity contribution in [1.82, 2.24) is 14.8 Å². The molecule has 0 radical (unpaired) electrons. The summed E-state index contributed by atoms with van der Waals surface area (Å²) >= 11 is 0. The summed E-state index contributed by atoms with van der Waals surface area (Å²) in [4.78, 5) is 6.51. The van der Waals surface area contributed by atoms with E-state index in [4.69, 9.17) is 4.74 Å². The van der Waals surface area contributed by atoms with Crippen LogP contribution in [0.1, 0.15) is 24.1 Å². The number of unbranched alkanes of at least 4 members (excludes halogenated alkanes) is 1. The number of aryl methyl sites for hydroxylation is 1. The minimum absolute atomic E-state index is 0. The number of hydrogen-bond acceptors (Lipinski definition) is 2. The maximum atomic E-state index is 5.73. The molecular formula is C21H33IN4O. The summed E-state index contributed by atoms with van der Waals surface area (Å²) in [5.74, 6) is 0.927. The van der Waals surface area contributed by atoms with Crippen molar-refractivity contribution in [3.05, 3.63) is 59.9 Å². The van der Waals surface area contributed by atoms with Gasteiger partial charge in [-0.05, 0) is 37.0 Å². The summed E-state index contributed by atoms with van der Waals surface area (Å²) in [6.07, 6.45) is 5.18. The predicted molar refractivity (Wildman–Crippen MR) is 124 cm³/mol. The molecule has 0 fully saturated rings. The number of nitrogens with one attached hydrogen (secondary N) is 1. The minimum Gasteiger partial charge on any atom is -0.381 e. The van der Waals surface area contributed by atoms with E-state index < -0.39 is 0 Å². The zero-order valence-electron chi connectivity index (χ0n) is 16.7. The Kier molecular flexibility index (Phi) is 11.8. The molecule has 1 heterocycles. The highest BCUT2D eigenvalue weighted by Crippen LogP contribution is 2.04. The van der Waals surface area contributed by atoms with Gasteiger partial charge in [0.05, 0.1) is 13.2 Å². The monoisotopic (exact) mass is 484 g/mol. The number of nitrogens with zero attached hydrogens (tertiary/aromatic N) is 3. The highest BCUT2D eigenvalue weighted by molar-refractivity contribution is 14.0. The van der Waals surface area contributed by atoms with Gasteiger partial charge in [-0.2, -0.15) is 0 Å². The molecule has 0 bridgehead atoms. The Morgan fingerprint density at radius 1 is 1.11 bits per heavy atom. The third kappa shape index (κ3) is 8.79. The summed E-state index contributed by atoms with van der Waals surface area (Å²) < 4.78 is 7.87. The van der Waals surface area contributed by atoms with E-state index >= 15 is 0 Å². The third-order valence-corrected chi connectivity index (χ3v) is 4.40. The van der Waals surface area contributed by atoms with E-state index in [1.807, 2.05) is 13.1 Å². The molecule has 0 aliphatic carbocycles. The van der Waals surface area contributed by atoms with Crippen molar-refractivity contribution in [1.29, 1.82) is 0 Å². The minimum atomic E-state index is 0. The van der Waals surface area contributed by atoms with E-state index in [0.29, 0.717) is 0 Å². The highest BCUT2D eigenvalue weighted by atomic mass is 127. The first-order valence-electron chi connectivity index (χ1n) is 9.34. The molecule has 0 amide bonds. The molecule has 0 aliphatic rings. The van der Waals surface area contributed by atoms with Crippen LogP contribution in [0, 0.1) is 0 Å². The Morgan fingerprint density at radius 3 is 2.56 bits per heavy atom. The number of hydrogen-bond donors (Lipinski definition) is 1. The molecule has 2 aromatic rings. The van der Waals surface area contributed by atoms with Crippen LogP contribution in [0.4, 0.5) is 0 Å². The van der Waals surface area contributed by atoms with Crippen molar-refractivity contribution in [2.75, 3.05) is 33.9 Å². The first-order valence-corrected chi connectivity index (χ1v) is 9.34. The average Bonchev–Trinajstić information content (AvgIpc) is 3.06. The lowest BCUT2D eigenvalue weighted by Crippen LogP contribution is -2.39. The topological polar surface area (TPSA) is 41.8 Å². The normalized spacial score (nSPS) is 11.1. The van der Waals surface area contributed by atoms with Crippen molar-refractivity contribution >= 4 is 29.9 Å². The fraction of sp³-hybridized carbons (Fsp3) is 0.476. The second kappa shape index (κ2) is 13.6. The Hall–Kier alpha value is -1.54. The summed E-state index contributed by atoms with van der Waals surface area (Å²) in [7, 11) is 5.96. The highest BCUT2D eigenvalue weighted by Gasteiger charge is 2.07. The molecule has 1 aromatic carbocycles. The Morgan fingerprint density at radius 2 is 1.89 bits per heavy atom. The molecule has 1 aromatic heterocycles.